The van der Waals surface area contributed by atoms with Crippen molar-refractivity contribution in [3.63, 3.8) is 0 Å². The summed E-state index contributed by atoms with van der Waals surface area (Å²) < 4.78 is 30.0. The summed E-state index contributed by atoms with van der Waals surface area (Å²) in [6.45, 7) is 2.27. The maximum absolute atomic E-state index is 11.9. The Kier molecular flexibility index (Phi) is 14.1. The molecule has 4 nitrogen and oxygen atoms in total. The molecule has 0 atom stereocenters. The molecule has 156 valence electrons. The second-order valence-corrected chi connectivity index (χ2v) is 9.19. The van der Waals surface area contributed by atoms with Crippen LogP contribution in [0.1, 0.15) is 103 Å². The van der Waals surface area contributed by atoms with Gasteiger partial charge in [-0.25, -0.2) is 0 Å². The number of nitrogens with zero attached hydrogens (tertiary/aromatic N) is 1. The van der Waals surface area contributed by atoms with E-state index < -0.39 is 10.1 Å². The molecule has 5 heteroatoms. The van der Waals surface area contributed by atoms with E-state index in [0.29, 0.717) is 6.42 Å². The third-order valence-corrected chi connectivity index (χ3v) is 6.07. The van der Waals surface area contributed by atoms with Gasteiger partial charge in [-0.2, -0.15) is 8.42 Å². The number of unbranched alkanes of at least 4 members (excludes halogenated alkanes) is 14. The van der Waals surface area contributed by atoms with Crippen LogP contribution in [0.25, 0.3) is 0 Å². The minimum absolute atomic E-state index is 0.0904. The Hall–Kier alpha value is -1.10. The molecule has 0 radical (unpaired) electrons. The third kappa shape index (κ3) is 14.6. The zero-order valence-corrected chi connectivity index (χ0v) is 18.1. The lowest BCUT2D eigenvalue weighted by Crippen LogP contribution is -2.45. The average molecular weight is 399 g/mol. The number of pyridine rings is 1. The number of hydrogen-bond donors (Lipinski definition) is 0. The number of rotatable bonds is 18. The standard InChI is InChI=1S/C22H40NO3S/c1-2-3-4-5-6-7-8-9-10-11-12-13-14-15-19-22-27(24,25)26-23-20-17-16-18-21-23/h16-18,20-21H,2-15,19,22H2,1H3/q+1. The van der Waals surface area contributed by atoms with Crippen LogP contribution >= 0.6 is 0 Å². The second-order valence-electron chi connectivity index (χ2n) is 7.52. The predicted octanol–water partition coefficient (Wildman–Crippen LogP) is 5.60. The lowest BCUT2D eigenvalue weighted by molar-refractivity contribution is -0.856. The van der Waals surface area contributed by atoms with Crippen molar-refractivity contribution in [3.8, 4) is 0 Å². The summed E-state index contributed by atoms with van der Waals surface area (Å²) in [6, 6.07) is 5.30. The first-order chi connectivity index (χ1) is 13.1. The van der Waals surface area contributed by atoms with Gasteiger partial charge in [-0.3, -0.25) is 0 Å². The molecule has 1 heterocycles. The van der Waals surface area contributed by atoms with Crippen LogP contribution in [-0.4, -0.2) is 14.2 Å². The number of hydrogen-bond acceptors (Lipinski definition) is 3. The molecule has 0 bridgehead atoms. The van der Waals surface area contributed by atoms with Crippen molar-refractivity contribution in [3.05, 3.63) is 30.6 Å². The highest BCUT2D eigenvalue weighted by Gasteiger charge is 2.17. The topological polar surface area (TPSA) is 47.3 Å². The molecule has 0 fully saturated rings. The average Bonchev–Trinajstić information content (AvgIpc) is 2.65. The van der Waals surface area contributed by atoms with E-state index in [-0.39, 0.29) is 5.75 Å². The molecule has 1 aromatic rings. The lowest BCUT2D eigenvalue weighted by atomic mass is 10.0. The summed E-state index contributed by atoms with van der Waals surface area (Å²) in [5, 5.41) is 0. The van der Waals surface area contributed by atoms with Crippen LogP contribution in [0.2, 0.25) is 0 Å². The number of aromatic nitrogens is 1. The van der Waals surface area contributed by atoms with Gasteiger partial charge in [-0.15, -0.1) is 4.28 Å². The molecule has 0 aliphatic rings. The third-order valence-electron chi connectivity index (χ3n) is 4.89. The van der Waals surface area contributed by atoms with Crippen LogP contribution in [0.3, 0.4) is 0 Å². The van der Waals surface area contributed by atoms with Crippen molar-refractivity contribution >= 4 is 10.1 Å². The first kappa shape index (κ1) is 23.9. The molecule has 1 rings (SSSR count). The van der Waals surface area contributed by atoms with Crippen molar-refractivity contribution in [2.45, 2.75) is 103 Å². The molecule has 0 N–H and O–H groups in total. The monoisotopic (exact) mass is 398 g/mol. The molecule has 27 heavy (non-hydrogen) atoms. The Morgan fingerprint density at radius 3 is 1.48 bits per heavy atom. The molecule has 0 saturated heterocycles. The largest absolute Gasteiger partial charge is 0.367 e. The summed E-state index contributed by atoms with van der Waals surface area (Å²) in [4.78, 5) is 0. The molecule has 0 amide bonds. The molecule has 0 aliphatic carbocycles. The summed E-state index contributed by atoms with van der Waals surface area (Å²) in [5.74, 6) is 0.0904. The summed E-state index contributed by atoms with van der Waals surface area (Å²) in [7, 11) is -3.49. The molecule has 1 aromatic heterocycles. The molecular weight excluding hydrogens is 358 g/mol. The van der Waals surface area contributed by atoms with Crippen molar-refractivity contribution in [2.75, 3.05) is 5.75 Å². The minimum atomic E-state index is -3.49. The normalized spacial score (nSPS) is 11.6. The van der Waals surface area contributed by atoms with Crippen molar-refractivity contribution in [2.24, 2.45) is 0 Å². The first-order valence-corrected chi connectivity index (χ1v) is 12.6. The van der Waals surface area contributed by atoms with Crippen molar-refractivity contribution in [1.82, 2.24) is 0 Å². The van der Waals surface area contributed by atoms with Gasteiger partial charge in [0.25, 0.3) is 0 Å². The quantitative estimate of drug-likeness (QED) is 0.239. The molecule has 0 unspecified atom stereocenters. The Bertz CT molecular complexity index is 546. The minimum Gasteiger partial charge on any atom is -0.181 e. The smallest absolute Gasteiger partial charge is 0.181 e. The highest BCUT2D eigenvalue weighted by atomic mass is 32.2. The van der Waals surface area contributed by atoms with Crippen LogP contribution in [0.15, 0.2) is 30.6 Å². The molecule has 0 saturated carbocycles. The van der Waals surface area contributed by atoms with E-state index in [2.05, 4.69) is 6.92 Å². The van der Waals surface area contributed by atoms with Gasteiger partial charge in [-0.1, -0.05) is 103 Å². The maximum atomic E-state index is 11.9. The van der Waals surface area contributed by atoms with Crippen LogP contribution in [0.4, 0.5) is 0 Å². The van der Waals surface area contributed by atoms with E-state index in [4.69, 9.17) is 4.28 Å². The van der Waals surface area contributed by atoms with E-state index >= 15 is 0 Å². The Morgan fingerprint density at radius 1 is 0.630 bits per heavy atom. The van der Waals surface area contributed by atoms with E-state index in [1.165, 1.54) is 81.8 Å². The Morgan fingerprint density at radius 2 is 1.04 bits per heavy atom. The molecular formula is C22H40NO3S+. The fourth-order valence-corrected chi connectivity index (χ4v) is 4.24. The van der Waals surface area contributed by atoms with Gasteiger partial charge >= 0.3 is 10.1 Å². The summed E-state index contributed by atoms with van der Waals surface area (Å²) in [5.41, 5.74) is 0. The molecule has 0 aliphatic heterocycles. The van der Waals surface area contributed by atoms with Crippen LogP contribution in [0.5, 0.6) is 0 Å². The van der Waals surface area contributed by atoms with Gasteiger partial charge in [0.2, 0.25) is 12.4 Å². The van der Waals surface area contributed by atoms with Gasteiger partial charge in [0.05, 0.1) is 5.75 Å². The highest BCUT2D eigenvalue weighted by Crippen LogP contribution is 2.13. The second kappa shape index (κ2) is 15.9. The van der Waals surface area contributed by atoms with E-state index in [1.54, 1.807) is 24.5 Å². The Balaban J connectivity index is 1.86. The van der Waals surface area contributed by atoms with Gasteiger partial charge in [-0.05, 0) is 6.42 Å². The summed E-state index contributed by atoms with van der Waals surface area (Å²) >= 11 is 0. The highest BCUT2D eigenvalue weighted by molar-refractivity contribution is 7.86. The molecule has 0 spiro atoms. The molecule has 0 aromatic carbocycles. The summed E-state index contributed by atoms with van der Waals surface area (Å²) in [6.07, 6.45) is 22.2. The fourth-order valence-electron chi connectivity index (χ4n) is 3.25. The van der Waals surface area contributed by atoms with Crippen molar-refractivity contribution in [1.29, 1.82) is 0 Å². The van der Waals surface area contributed by atoms with E-state index in [1.807, 2.05) is 6.07 Å². The fraction of sp³-hybridized carbons (Fsp3) is 0.773. The van der Waals surface area contributed by atoms with Gasteiger partial charge in [0, 0.05) is 16.9 Å². The first-order valence-electron chi connectivity index (χ1n) is 11.0. The Labute approximate surface area is 167 Å². The SMILES string of the molecule is CCCCCCCCCCCCCCCCCS(=O)(=O)O[n+]1ccccc1. The van der Waals surface area contributed by atoms with Crippen molar-refractivity contribution < 1.29 is 17.4 Å². The maximum Gasteiger partial charge on any atom is 0.367 e. The van der Waals surface area contributed by atoms with E-state index in [0.717, 1.165) is 12.8 Å². The van der Waals surface area contributed by atoms with Gasteiger partial charge < -0.3 is 0 Å². The zero-order valence-electron chi connectivity index (χ0n) is 17.3. The van der Waals surface area contributed by atoms with E-state index in [9.17, 15) is 8.42 Å². The zero-order chi connectivity index (χ0) is 19.6. The van der Waals surface area contributed by atoms with Crippen LogP contribution in [-0.2, 0) is 10.1 Å². The van der Waals surface area contributed by atoms with Gasteiger partial charge in [0.15, 0.2) is 0 Å². The van der Waals surface area contributed by atoms with Crippen LogP contribution < -0.4 is 9.01 Å². The van der Waals surface area contributed by atoms with Gasteiger partial charge in [0.1, 0.15) is 0 Å². The van der Waals surface area contributed by atoms with Crippen LogP contribution in [0, 0.1) is 0 Å². The predicted molar refractivity (Wildman–Crippen MR) is 112 cm³/mol. The lowest BCUT2D eigenvalue weighted by Gasteiger charge is -2.03.